The number of hydrogen-bond acceptors (Lipinski definition) is 5. The fourth-order valence-corrected chi connectivity index (χ4v) is 5.33. The second kappa shape index (κ2) is 10.1. The summed E-state index contributed by atoms with van der Waals surface area (Å²) in [6, 6.07) is 18.6. The molecule has 6 heteroatoms. The largest absolute Gasteiger partial charge is 0.350 e. The normalized spacial score (nSPS) is 15.3. The number of carbonyl (C=O) groups is 1. The number of rotatable bonds is 8. The van der Waals surface area contributed by atoms with Crippen LogP contribution in [0, 0.1) is 0 Å². The number of thioether (sulfide) groups is 1. The molecule has 1 aromatic heterocycles. The number of carbonyl (C=O) groups excluding carboxylic acids is 1. The molecule has 4 rings (SSSR count). The van der Waals surface area contributed by atoms with Crippen LogP contribution in [0.5, 0.6) is 0 Å². The van der Waals surface area contributed by atoms with E-state index in [1.165, 1.54) is 18.4 Å². The zero-order valence-electron chi connectivity index (χ0n) is 16.3. The van der Waals surface area contributed by atoms with E-state index >= 15 is 0 Å². The molecule has 1 N–H and O–H groups in total. The molecule has 1 amide bonds. The highest BCUT2D eigenvalue weighted by molar-refractivity contribution is 7.98. The first-order valence-electron chi connectivity index (χ1n) is 9.97. The van der Waals surface area contributed by atoms with Crippen LogP contribution in [0.1, 0.15) is 40.5 Å². The number of thiazole rings is 1. The van der Waals surface area contributed by atoms with Crippen LogP contribution >= 0.6 is 23.1 Å². The maximum absolute atomic E-state index is 13.0. The number of nitrogens with one attached hydrogen (secondary N) is 1. The smallest absolute Gasteiger partial charge is 0.252 e. The summed E-state index contributed by atoms with van der Waals surface area (Å²) in [5.74, 6) is 0.764. The first-order chi connectivity index (χ1) is 14.3. The van der Waals surface area contributed by atoms with Crippen LogP contribution in [0.25, 0.3) is 0 Å². The van der Waals surface area contributed by atoms with Crippen molar-refractivity contribution >= 4 is 29.0 Å². The maximum Gasteiger partial charge on any atom is 0.252 e. The molecule has 150 valence electrons. The van der Waals surface area contributed by atoms with Gasteiger partial charge in [0.25, 0.3) is 5.91 Å². The molecule has 4 nitrogen and oxygen atoms in total. The third-order valence-corrected chi connectivity index (χ3v) is 6.95. The number of hydrogen-bond donors (Lipinski definition) is 1. The van der Waals surface area contributed by atoms with E-state index in [1.54, 1.807) is 23.1 Å². The van der Waals surface area contributed by atoms with Crippen LogP contribution in [0.2, 0.25) is 0 Å². The molecular formula is C23H25N3OS2. The minimum atomic E-state index is -0.00786. The van der Waals surface area contributed by atoms with Crippen LogP contribution < -0.4 is 5.32 Å². The van der Waals surface area contributed by atoms with Crippen molar-refractivity contribution in [2.24, 2.45) is 0 Å². The van der Waals surface area contributed by atoms with E-state index in [0.29, 0.717) is 6.54 Å². The number of likely N-dealkylation sites (tertiary alicyclic amines) is 1. The van der Waals surface area contributed by atoms with Crippen LogP contribution in [0.4, 0.5) is 0 Å². The van der Waals surface area contributed by atoms with Crippen molar-refractivity contribution < 1.29 is 4.79 Å². The predicted molar refractivity (Wildman–Crippen MR) is 120 cm³/mol. The highest BCUT2D eigenvalue weighted by Crippen LogP contribution is 2.27. The van der Waals surface area contributed by atoms with Crippen LogP contribution in [0.3, 0.4) is 0 Å². The number of benzene rings is 2. The van der Waals surface area contributed by atoms with Gasteiger partial charge in [0.2, 0.25) is 0 Å². The molecule has 1 fully saturated rings. The van der Waals surface area contributed by atoms with Gasteiger partial charge in [0, 0.05) is 22.6 Å². The van der Waals surface area contributed by atoms with E-state index in [-0.39, 0.29) is 11.9 Å². The van der Waals surface area contributed by atoms with Gasteiger partial charge in [-0.25, -0.2) is 4.98 Å². The predicted octanol–water partition coefficient (Wildman–Crippen LogP) is 5.00. The average molecular weight is 424 g/mol. The molecule has 1 unspecified atom stereocenters. The first kappa shape index (κ1) is 20.1. The van der Waals surface area contributed by atoms with E-state index < -0.39 is 0 Å². The van der Waals surface area contributed by atoms with Gasteiger partial charge in [0.05, 0.1) is 22.8 Å². The van der Waals surface area contributed by atoms with Crippen LogP contribution in [0.15, 0.2) is 70.4 Å². The highest BCUT2D eigenvalue weighted by atomic mass is 32.2. The van der Waals surface area contributed by atoms with E-state index in [4.69, 9.17) is 0 Å². The number of aromatic nitrogens is 1. The van der Waals surface area contributed by atoms with Gasteiger partial charge in [0.15, 0.2) is 0 Å². The van der Waals surface area contributed by atoms with Gasteiger partial charge in [-0.1, -0.05) is 42.5 Å². The van der Waals surface area contributed by atoms with Gasteiger partial charge in [0.1, 0.15) is 0 Å². The second-order valence-electron chi connectivity index (χ2n) is 7.14. The summed E-state index contributed by atoms with van der Waals surface area (Å²) in [5, 5.41) is 5.25. The van der Waals surface area contributed by atoms with Gasteiger partial charge >= 0.3 is 0 Å². The summed E-state index contributed by atoms with van der Waals surface area (Å²) in [5.41, 5.74) is 4.89. The molecule has 1 atom stereocenters. The fraction of sp³-hybridized carbons (Fsp3) is 0.304. The lowest BCUT2D eigenvalue weighted by molar-refractivity contribution is 0.0935. The number of nitrogens with zero attached hydrogens (tertiary/aromatic N) is 2. The molecule has 0 aliphatic carbocycles. The lowest BCUT2D eigenvalue weighted by atomic mass is 10.1. The fourth-order valence-electron chi connectivity index (χ4n) is 3.71. The molecule has 1 aliphatic rings. The minimum Gasteiger partial charge on any atom is -0.350 e. The lowest BCUT2D eigenvalue weighted by Crippen LogP contribution is -2.37. The molecule has 0 bridgehead atoms. The lowest BCUT2D eigenvalue weighted by Gasteiger charge is -2.28. The topological polar surface area (TPSA) is 45.2 Å². The molecule has 3 aromatic rings. The Kier molecular flexibility index (Phi) is 6.98. The molecule has 29 heavy (non-hydrogen) atoms. The summed E-state index contributed by atoms with van der Waals surface area (Å²) in [7, 11) is 0. The highest BCUT2D eigenvalue weighted by Gasteiger charge is 2.24. The van der Waals surface area contributed by atoms with Gasteiger partial charge < -0.3 is 5.32 Å². The zero-order valence-corrected chi connectivity index (χ0v) is 17.9. The zero-order chi connectivity index (χ0) is 19.9. The van der Waals surface area contributed by atoms with E-state index in [2.05, 4.69) is 44.8 Å². The third-order valence-electron chi connectivity index (χ3n) is 5.21. The summed E-state index contributed by atoms with van der Waals surface area (Å²) in [4.78, 5) is 20.8. The second-order valence-corrected chi connectivity index (χ2v) is 8.88. The Morgan fingerprint density at radius 1 is 1.10 bits per heavy atom. The Labute approximate surface area is 180 Å². The van der Waals surface area contributed by atoms with Gasteiger partial charge in [-0.2, -0.15) is 0 Å². The Hall–Kier alpha value is -2.15. The quantitative estimate of drug-likeness (QED) is 0.518. The molecule has 2 aromatic carbocycles. The standard InChI is InChI=1S/C23H25N3OS2/c27-23(20-10-4-5-11-22(20)29-16-19-15-28-17-25-19)24-14-21(26-12-6-7-13-26)18-8-2-1-3-9-18/h1-5,8-11,15,17,21H,6-7,12-14,16H2,(H,24,27). The summed E-state index contributed by atoms with van der Waals surface area (Å²) in [6.07, 6.45) is 2.46. The minimum absolute atomic E-state index is 0.00786. The van der Waals surface area contributed by atoms with Crippen molar-refractivity contribution in [2.75, 3.05) is 19.6 Å². The van der Waals surface area contributed by atoms with Crippen molar-refractivity contribution in [3.8, 4) is 0 Å². The van der Waals surface area contributed by atoms with E-state index in [9.17, 15) is 4.79 Å². The van der Waals surface area contributed by atoms with Crippen molar-refractivity contribution in [3.05, 3.63) is 82.3 Å². The van der Waals surface area contributed by atoms with Crippen molar-refractivity contribution in [2.45, 2.75) is 29.5 Å². The van der Waals surface area contributed by atoms with Crippen molar-refractivity contribution in [3.63, 3.8) is 0 Å². The van der Waals surface area contributed by atoms with E-state index in [0.717, 1.165) is 35.0 Å². The molecule has 0 saturated carbocycles. The summed E-state index contributed by atoms with van der Waals surface area (Å²) in [6.45, 7) is 2.80. The molecule has 1 saturated heterocycles. The summed E-state index contributed by atoms with van der Waals surface area (Å²) < 4.78 is 0. The van der Waals surface area contributed by atoms with Gasteiger partial charge in [-0.3, -0.25) is 9.69 Å². The third kappa shape index (κ3) is 5.26. The Bertz CT molecular complexity index is 909. The van der Waals surface area contributed by atoms with Crippen molar-refractivity contribution in [1.29, 1.82) is 0 Å². The summed E-state index contributed by atoms with van der Waals surface area (Å²) >= 11 is 3.26. The first-order valence-corrected chi connectivity index (χ1v) is 11.9. The Morgan fingerprint density at radius 3 is 2.62 bits per heavy atom. The molecular weight excluding hydrogens is 398 g/mol. The molecule has 0 radical (unpaired) electrons. The monoisotopic (exact) mass is 423 g/mol. The molecule has 0 spiro atoms. The SMILES string of the molecule is O=C(NCC(c1ccccc1)N1CCCC1)c1ccccc1SCc1cscn1. The number of amides is 1. The maximum atomic E-state index is 13.0. The Balaban J connectivity index is 1.44. The van der Waals surface area contributed by atoms with Crippen LogP contribution in [-0.2, 0) is 5.75 Å². The molecule has 2 heterocycles. The van der Waals surface area contributed by atoms with Gasteiger partial charge in [-0.15, -0.1) is 23.1 Å². The van der Waals surface area contributed by atoms with Gasteiger partial charge in [-0.05, 0) is 43.6 Å². The van der Waals surface area contributed by atoms with Crippen LogP contribution in [-0.4, -0.2) is 35.4 Å². The average Bonchev–Trinajstić information content (AvgIpc) is 3.48. The van der Waals surface area contributed by atoms with Crippen molar-refractivity contribution in [1.82, 2.24) is 15.2 Å². The Morgan fingerprint density at radius 2 is 1.86 bits per heavy atom. The van der Waals surface area contributed by atoms with E-state index in [1.807, 2.05) is 35.8 Å². The molecule has 1 aliphatic heterocycles.